The van der Waals surface area contributed by atoms with Crippen molar-refractivity contribution in [3.8, 4) is 5.75 Å². The van der Waals surface area contributed by atoms with Gasteiger partial charge in [-0.2, -0.15) is 0 Å². The van der Waals surface area contributed by atoms with E-state index in [0.717, 1.165) is 44.9 Å². The summed E-state index contributed by atoms with van der Waals surface area (Å²) in [5, 5.41) is 8.42. The van der Waals surface area contributed by atoms with Crippen LogP contribution in [-0.4, -0.2) is 28.9 Å². The number of benzene rings is 1. The summed E-state index contributed by atoms with van der Waals surface area (Å²) < 4.78 is 19.1. The van der Waals surface area contributed by atoms with Gasteiger partial charge in [0.1, 0.15) is 17.3 Å². The number of halogens is 1. The highest BCUT2D eigenvalue weighted by Crippen LogP contribution is 2.21. The summed E-state index contributed by atoms with van der Waals surface area (Å²) in [6, 6.07) is 6.03. The maximum Gasteiger partial charge on any atom is 0.271 e. The molecule has 6 nitrogen and oxygen atoms in total. The fraction of sp³-hybridized carbons (Fsp3) is 0.522. The number of rotatable bonds is 10. The Hall–Kier alpha value is -2.48. The molecule has 0 saturated heterocycles. The van der Waals surface area contributed by atoms with Crippen molar-refractivity contribution in [2.24, 2.45) is 0 Å². The summed E-state index contributed by atoms with van der Waals surface area (Å²) in [6.45, 7) is 2.21. The van der Waals surface area contributed by atoms with Gasteiger partial charge in [0.2, 0.25) is 5.91 Å². The number of carbonyl (C=O) groups excluding carboxylic acids is 2. The van der Waals surface area contributed by atoms with Crippen molar-refractivity contribution >= 4 is 23.2 Å². The average Bonchev–Trinajstić information content (AvgIpc) is 3.24. The van der Waals surface area contributed by atoms with Gasteiger partial charge in [-0.15, -0.1) is 11.3 Å². The maximum atomic E-state index is 13.7. The number of carbonyl (C=O) groups is 2. The van der Waals surface area contributed by atoms with E-state index in [4.69, 9.17) is 4.74 Å². The van der Waals surface area contributed by atoms with E-state index in [-0.39, 0.29) is 36.3 Å². The quantitative estimate of drug-likeness (QED) is 0.522. The molecule has 2 unspecified atom stereocenters. The first-order valence-electron chi connectivity index (χ1n) is 11.0. The van der Waals surface area contributed by atoms with Gasteiger partial charge in [-0.3, -0.25) is 9.59 Å². The number of aromatic nitrogens is 1. The molecule has 1 saturated carbocycles. The summed E-state index contributed by atoms with van der Waals surface area (Å²) in [5.41, 5.74) is 0.315. The largest absolute Gasteiger partial charge is 0.483 e. The zero-order valence-corrected chi connectivity index (χ0v) is 18.7. The molecule has 3 rings (SSSR count). The van der Waals surface area contributed by atoms with Gasteiger partial charge in [0.05, 0.1) is 0 Å². The Labute approximate surface area is 186 Å². The van der Waals surface area contributed by atoms with Crippen LogP contribution in [0.2, 0.25) is 0 Å². The number of hydrogen-bond donors (Lipinski definition) is 2. The molecule has 1 fully saturated rings. The van der Waals surface area contributed by atoms with Crippen molar-refractivity contribution in [1.82, 2.24) is 15.6 Å². The van der Waals surface area contributed by atoms with E-state index in [1.807, 2.05) is 0 Å². The Morgan fingerprint density at radius 1 is 1.16 bits per heavy atom. The Morgan fingerprint density at radius 3 is 2.65 bits per heavy atom. The number of thiazole rings is 1. The minimum atomic E-state index is -0.433. The van der Waals surface area contributed by atoms with Crippen molar-refractivity contribution in [2.45, 2.75) is 77.0 Å². The fourth-order valence-electron chi connectivity index (χ4n) is 3.72. The highest BCUT2D eigenvalue weighted by Gasteiger charge is 2.28. The minimum Gasteiger partial charge on any atom is -0.483 e. The molecule has 1 aliphatic rings. The predicted octanol–water partition coefficient (Wildman–Crippen LogP) is 4.60. The summed E-state index contributed by atoms with van der Waals surface area (Å²) >= 11 is 1.30. The first kappa shape index (κ1) is 23.2. The number of hydrogen-bond acceptors (Lipinski definition) is 5. The molecule has 1 aromatic heterocycles. The number of ether oxygens (including phenoxy) is 1. The lowest BCUT2D eigenvalue weighted by Gasteiger charge is -2.32. The molecule has 0 radical (unpaired) electrons. The van der Waals surface area contributed by atoms with E-state index in [0.29, 0.717) is 17.1 Å². The van der Waals surface area contributed by atoms with Crippen LogP contribution in [-0.2, 0) is 11.4 Å². The van der Waals surface area contributed by atoms with Gasteiger partial charge in [-0.1, -0.05) is 44.7 Å². The van der Waals surface area contributed by atoms with Gasteiger partial charge in [0, 0.05) is 23.9 Å². The molecular weight excluding hydrogens is 417 g/mol. The van der Waals surface area contributed by atoms with Gasteiger partial charge in [0.25, 0.3) is 5.91 Å². The zero-order chi connectivity index (χ0) is 22.1. The molecule has 1 aliphatic carbocycles. The third-order valence-electron chi connectivity index (χ3n) is 5.41. The third kappa shape index (κ3) is 7.02. The second kappa shape index (κ2) is 11.8. The van der Waals surface area contributed by atoms with Crippen LogP contribution in [0.5, 0.6) is 5.75 Å². The van der Waals surface area contributed by atoms with Crippen molar-refractivity contribution in [1.29, 1.82) is 0 Å². The van der Waals surface area contributed by atoms with Crippen LogP contribution in [0.25, 0.3) is 0 Å². The number of nitrogens with zero attached hydrogens (tertiary/aromatic N) is 1. The monoisotopic (exact) mass is 447 g/mol. The lowest BCUT2D eigenvalue weighted by Crippen LogP contribution is -2.53. The highest BCUT2D eigenvalue weighted by atomic mass is 32.1. The molecule has 0 bridgehead atoms. The standard InChI is InChI=1S/C23H30FN3O3S/c1-2-3-4-13-21(28)25-17-10-6-7-11-18(17)27-23(29)19-15-31-22(26-19)14-30-20-12-8-5-9-16(20)24/h5,8-9,12,15,17-18H,2-4,6-7,10-11,13-14H2,1H3,(H,25,28)(H,27,29). The molecule has 0 aliphatic heterocycles. The van der Waals surface area contributed by atoms with Crippen LogP contribution in [0.1, 0.15) is 73.8 Å². The van der Waals surface area contributed by atoms with Crippen molar-refractivity contribution in [3.05, 3.63) is 46.2 Å². The number of para-hydroxylation sites is 1. The SMILES string of the molecule is CCCCCC(=O)NC1CCCCC1NC(=O)c1csc(COc2ccccc2F)n1. The molecule has 2 atom stereocenters. The van der Waals surface area contributed by atoms with Crippen molar-refractivity contribution in [3.63, 3.8) is 0 Å². The average molecular weight is 448 g/mol. The van der Waals surface area contributed by atoms with E-state index in [9.17, 15) is 14.0 Å². The van der Waals surface area contributed by atoms with Crippen LogP contribution < -0.4 is 15.4 Å². The van der Waals surface area contributed by atoms with Gasteiger partial charge >= 0.3 is 0 Å². The second-order valence-corrected chi connectivity index (χ2v) is 8.78. The van der Waals surface area contributed by atoms with E-state index < -0.39 is 5.82 Å². The topological polar surface area (TPSA) is 80.3 Å². The number of unbranched alkanes of at least 4 members (excludes halogenated alkanes) is 2. The highest BCUT2D eigenvalue weighted by molar-refractivity contribution is 7.09. The number of amides is 2. The van der Waals surface area contributed by atoms with Gasteiger partial charge in [0.15, 0.2) is 11.6 Å². The van der Waals surface area contributed by atoms with Crippen molar-refractivity contribution in [2.75, 3.05) is 0 Å². The van der Waals surface area contributed by atoms with E-state index >= 15 is 0 Å². The molecule has 1 heterocycles. The van der Waals surface area contributed by atoms with E-state index in [2.05, 4.69) is 22.5 Å². The molecular formula is C23H30FN3O3S. The molecule has 2 aromatic rings. The normalized spacial score (nSPS) is 18.4. The Kier molecular flexibility index (Phi) is 8.82. The van der Waals surface area contributed by atoms with Crippen LogP contribution in [0.3, 0.4) is 0 Å². The fourth-order valence-corrected chi connectivity index (χ4v) is 4.40. The minimum absolute atomic E-state index is 0.0469. The molecule has 0 spiro atoms. The van der Waals surface area contributed by atoms with Gasteiger partial charge < -0.3 is 15.4 Å². The first-order valence-corrected chi connectivity index (χ1v) is 11.9. The summed E-state index contributed by atoms with van der Waals surface area (Å²) in [7, 11) is 0. The van der Waals surface area contributed by atoms with Crippen LogP contribution >= 0.6 is 11.3 Å². The Morgan fingerprint density at radius 2 is 1.90 bits per heavy atom. The maximum absolute atomic E-state index is 13.7. The second-order valence-electron chi connectivity index (χ2n) is 7.84. The van der Waals surface area contributed by atoms with Gasteiger partial charge in [-0.05, 0) is 31.4 Å². The zero-order valence-electron chi connectivity index (χ0n) is 17.9. The van der Waals surface area contributed by atoms with E-state index in [1.165, 1.54) is 17.4 Å². The third-order valence-corrected chi connectivity index (χ3v) is 6.23. The van der Waals surface area contributed by atoms with Crippen LogP contribution in [0.15, 0.2) is 29.6 Å². The summed E-state index contributed by atoms with van der Waals surface area (Å²) in [4.78, 5) is 29.3. The Bertz CT molecular complexity index is 873. The molecule has 2 amide bonds. The molecule has 168 valence electrons. The molecule has 8 heteroatoms. The molecule has 31 heavy (non-hydrogen) atoms. The predicted molar refractivity (Wildman–Crippen MR) is 119 cm³/mol. The van der Waals surface area contributed by atoms with Crippen molar-refractivity contribution < 1.29 is 18.7 Å². The van der Waals surface area contributed by atoms with Crippen LogP contribution in [0, 0.1) is 5.82 Å². The number of nitrogens with one attached hydrogen (secondary N) is 2. The Balaban J connectivity index is 1.52. The molecule has 1 aromatic carbocycles. The summed E-state index contributed by atoms with van der Waals surface area (Å²) in [6.07, 6.45) is 7.31. The lowest BCUT2D eigenvalue weighted by molar-refractivity contribution is -0.122. The first-order chi connectivity index (χ1) is 15.1. The smallest absolute Gasteiger partial charge is 0.271 e. The lowest BCUT2D eigenvalue weighted by atomic mass is 9.90. The van der Waals surface area contributed by atoms with E-state index in [1.54, 1.807) is 23.6 Å². The van der Waals surface area contributed by atoms with Gasteiger partial charge in [-0.25, -0.2) is 9.37 Å². The summed E-state index contributed by atoms with van der Waals surface area (Å²) in [5.74, 6) is -0.480. The molecule has 2 N–H and O–H groups in total. The van der Waals surface area contributed by atoms with Crippen LogP contribution in [0.4, 0.5) is 4.39 Å².